The third-order valence-corrected chi connectivity index (χ3v) is 3.00. The van der Waals surface area contributed by atoms with E-state index in [2.05, 4.69) is 0 Å². The summed E-state index contributed by atoms with van der Waals surface area (Å²) >= 11 is 0. The molecule has 0 heterocycles. The minimum Gasteiger partial charge on any atom is -0.325 e. The van der Waals surface area contributed by atoms with Gasteiger partial charge in [0.1, 0.15) is 0 Å². The van der Waals surface area contributed by atoms with Crippen LogP contribution >= 0.6 is 0 Å². The summed E-state index contributed by atoms with van der Waals surface area (Å²) < 4.78 is 11.4. The van der Waals surface area contributed by atoms with Crippen LogP contribution in [0.25, 0.3) is 0 Å². The van der Waals surface area contributed by atoms with Gasteiger partial charge in [-0.1, -0.05) is 0 Å². The van der Waals surface area contributed by atoms with E-state index in [4.69, 9.17) is 5.73 Å². The van der Waals surface area contributed by atoms with Crippen LogP contribution in [0.5, 0.6) is 0 Å². The number of hydrogen-bond donors (Lipinski definition) is 1. The van der Waals surface area contributed by atoms with Crippen molar-refractivity contribution in [1.82, 2.24) is 4.90 Å². The lowest BCUT2D eigenvalue weighted by Crippen LogP contribution is -2.39. The maximum atomic E-state index is 11.4. The zero-order chi connectivity index (χ0) is 9.78. The molecule has 1 unspecified atom stereocenters. The topological polar surface area (TPSA) is 46.3 Å². The van der Waals surface area contributed by atoms with Crippen molar-refractivity contribution < 1.29 is 4.21 Å². The molecule has 4 heteroatoms. The van der Waals surface area contributed by atoms with Crippen LogP contribution in [-0.4, -0.2) is 46.8 Å². The highest BCUT2D eigenvalue weighted by atomic mass is 32.2. The molecular weight excluding hydrogens is 172 g/mol. The van der Waals surface area contributed by atoms with Gasteiger partial charge in [-0.05, 0) is 27.9 Å². The van der Waals surface area contributed by atoms with Crippen LogP contribution in [0.3, 0.4) is 0 Å². The van der Waals surface area contributed by atoms with Crippen LogP contribution in [0.4, 0.5) is 0 Å². The van der Waals surface area contributed by atoms with Crippen LogP contribution < -0.4 is 5.73 Å². The van der Waals surface area contributed by atoms with E-state index in [1.165, 1.54) is 0 Å². The van der Waals surface area contributed by atoms with Gasteiger partial charge in [0.05, 0.1) is 0 Å². The lowest BCUT2D eigenvalue weighted by Gasteiger charge is -2.18. The van der Waals surface area contributed by atoms with Crippen LogP contribution in [0, 0.1) is 0 Å². The summed E-state index contributed by atoms with van der Waals surface area (Å²) in [4.78, 5) is 2.03. The molecule has 0 aromatic carbocycles. The molecule has 0 aromatic heterocycles. The Hall–Kier alpha value is 0.0700. The molecule has 0 rings (SSSR count). The molecule has 0 aliphatic rings. The predicted molar refractivity (Wildman–Crippen MR) is 54.7 cm³/mol. The van der Waals surface area contributed by atoms with Crippen molar-refractivity contribution >= 4 is 10.8 Å². The Morgan fingerprint density at radius 1 is 1.42 bits per heavy atom. The molecular formula is C8H20N2OS. The summed E-state index contributed by atoms with van der Waals surface area (Å²) in [5, 5.41) is 0. The second kappa shape index (κ2) is 4.94. The van der Waals surface area contributed by atoms with E-state index in [1.807, 2.05) is 32.8 Å². The van der Waals surface area contributed by atoms with Crippen molar-refractivity contribution in [2.75, 3.05) is 32.1 Å². The Kier molecular flexibility index (Phi) is 4.97. The Morgan fingerprint density at radius 3 is 2.25 bits per heavy atom. The van der Waals surface area contributed by atoms with E-state index in [0.29, 0.717) is 11.5 Å². The summed E-state index contributed by atoms with van der Waals surface area (Å²) in [7, 11) is 3.18. The molecule has 74 valence electrons. The second-order valence-electron chi connectivity index (χ2n) is 4.08. The number of rotatable bonds is 5. The average Bonchev–Trinajstić information content (AvgIpc) is 1.79. The highest BCUT2D eigenvalue weighted by Gasteiger charge is 2.14. The van der Waals surface area contributed by atoms with Crippen LogP contribution in [0.1, 0.15) is 13.8 Å². The van der Waals surface area contributed by atoms with Gasteiger partial charge < -0.3 is 10.6 Å². The first-order valence-corrected chi connectivity index (χ1v) is 5.58. The third kappa shape index (κ3) is 8.17. The van der Waals surface area contributed by atoms with Crippen LogP contribution in [0.2, 0.25) is 0 Å². The fourth-order valence-electron chi connectivity index (χ4n) is 0.771. The molecule has 0 radical (unpaired) electrons. The summed E-state index contributed by atoms with van der Waals surface area (Å²) in [5.74, 6) is 1.30. The maximum Gasteiger partial charge on any atom is 0.0410 e. The van der Waals surface area contributed by atoms with Gasteiger partial charge in [-0.3, -0.25) is 4.21 Å². The van der Waals surface area contributed by atoms with Crippen molar-refractivity contribution in [2.45, 2.75) is 19.4 Å². The van der Waals surface area contributed by atoms with Crippen molar-refractivity contribution in [3.05, 3.63) is 0 Å². The summed E-state index contributed by atoms with van der Waals surface area (Å²) in [6.07, 6.45) is 0. The Morgan fingerprint density at radius 2 is 1.92 bits per heavy atom. The Bertz CT molecular complexity index is 152. The number of hydrogen-bond acceptors (Lipinski definition) is 3. The smallest absolute Gasteiger partial charge is 0.0410 e. The normalized spacial score (nSPS) is 15.2. The first kappa shape index (κ1) is 12.1. The Balaban J connectivity index is 3.61. The molecule has 0 aromatic rings. The van der Waals surface area contributed by atoms with Gasteiger partial charge in [0, 0.05) is 34.4 Å². The average molecular weight is 192 g/mol. The van der Waals surface area contributed by atoms with Gasteiger partial charge >= 0.3 is 0 Å². The summed E-state index contributed by atoms with van der Waals surface area (Å²) in [5.41, 5.74) is 5.43. The zero-order valence-electron chi connectivity index (χ0n) is 8.46. The molecule has 0 aliphatic carbocycles. The summed E-state index contributed by atoms with van der Waals surface area (Å²) in [6.45, 7) is 4.67. The van der Waals surface area contributed by atoms with Gasteiger partial charge in [0.2, 0.25) is 0 Å². The van der Waals surface area contributed by atoms with E-state index in [-0.39, 0.29) is 5.54 Å². The van der Waals surface area contributed by atoms with Gasteiger partial charge in [-0.15, -0.1) is 0 Å². The minimum atomic E-state index is -0.777. The van der Waals surface area contributed by atoms with Gasteiger partial charge in [-0.25, -0.2) is 0 Å². The minimum absolute atomic E-state index is 0.308. The molecule has 12 heavy (non-hydrogen) atoms. The molecule has 0 saturated heterocycles. The lowest BCUT2D eigenvalue weighted by atomic mass is 10.1. The molecule has 1 atom stereocenters. The molecule has 0 amide bonds. The molecule has 3 nitrogen and oxygen atoms in total. The first-order valence-electron chi connectivity index (χ1n) is 4.10. The van der Waals surface area contributed by atoms with E-state index in [0.717, 1.165) is 6.54 Å². The van der Waals surface area contributed by atoms with E-state index >= 15 is 0 Å². The molecule has 0 spiro atoms. The highest BCUT2D eigenvalue weighted by molar-refractivity contribution is 7.85. The largest absolute Gasteiger partial charge is 0.325 e. The SMILES string of the molecule is CN(C)CCS(=O)CC(C)(C)N. The second-order valence-corrected chi connectivity index (χ2v) is 5.66. The van der Waals surface area contributed by atoms with Gasteiger partial charge in [0.25, 0.3) is 0 Å². The number of nitrogens with two attached hydrogens (primary N) is 1. The first-order chi connectivity index (χ1) is 5.31. The lowest BCUT2D eigenvalue weighted by molar-refractivity contribution is 0.435. The molecule has 2 N–H and O–H groups in total. The van der Waals surface area contributed by atoms with Gasteiger partial charge in [-0.2, -0.15) is 0 Å². The summed E-state index contributed by atoms with van der Waals surface area (Å²) in [6, 6.07) is 0. The molecule has 0 bridgehead atoms. The van der Waals surface area contributed by atoms with E-state index in [1.54, 1.807) is 0 Å². The number of nitrogens with zero attached hydrogens (tertiary/aromatic N) is 1. The van der Waals surface area contributed by atoms with E-state index in [9.17, 15) is 4.21 Å². The zero-order valence-corrected chi connectivity index (χ0v) is 9.28. The monoisotopic (exact) mass is 192 g/mol. The maximum absolute atomic E-state index is 11.4. The van der Waals surface area contributed by atoms with Crippen LogP contribution in [0.15, 0.2) is 0 Å². The van der Waals surface area contributed by atoms with Crippen molar-refractivity contribution in [2.24, 2.45) is 5.73 Å². The quantitative estimate of drug-likeness (QED) is 0.669. The molecule has 0 fully saturated rings. The third-order valence-electron chi connectivity index (χ3n) is 1.30. The fourth-order valence-corrected chi connectivity index (χ4v) is 2.31. The van der Waals surface area contributed by atoms with Crippen molar-refractivity contribution in [3.63, 3.8) is 0 Å². The predicted octanol–water partition coefficient (Wildman–Crippen LogP) is 0.0340. The standard InChI is InChI=1S/C8H20N2OS/c1-8(2,9)7-12(11)6-5-10(3)4/h5-7,9H2,1-4H3. The molecule has 0 saturated carbocycles. The van der Waals surface area contributed by atoms with Crippen molar-refractivity contribution in [3.8, 4) is 0 Å². The Labute approximate surface area is 77.8 Å². The van der Waals surface area contributed by atoms with Crippen molar-refractivity contribution in [1.29, 1.82) is 0 Å². The molecule has 0 aliphatic heterocycles. The highest BCUT2D eigenvalue weighted by Crippen LogP contribution is 1.99. The van der Waals surface area contributed by atoms with Gasteiger partial charge in [0.15, 0.2) is 0 Å². The van der Waals surface area contributed by atoms with E-state index < -0.39 is 10.8 Å². The fraction of sp³-hybridized carbons (Fsp3) is 1.00. The van der Waals surface area contributed by atoms with Crippen LogP contribution in [-0.2, 0) is 10.8 Å².